The Labute approximate surface area is 144 Å². The van der Waals surface area contributed by atoms with Gasteiger partial charge in [-0.1, -0.05) is 34.1 Å². The first-order chi connectivity index (χ1) is 11.1. The van der Waals surface area contributed by atoms with Gasteiger partial charge in [-0.15, -0.1) is 0 Å². The molecule has 0 radical (unpaired) electrons. The normalized spacial score (nSPS) is 10.2. The SMILES string of the molecule is Cc1ccccc1OCCCNc1ccc(Br)cc1C(=O)NN. The number of carbonyl (C=O) groups excluding carboxylic acids is 1. The molecule has 5 nitrogen and oxygen atoms in total. The number of nitrogens with two attached hydrogens (primary N) is 1. The van der Waals surface area contributed by atoms with E-state index in [9.17, 15) is 4.79 Å². The van der Waals surface area contributed by atoms with Crippen LogP contribution in [0.5, 0.6) is 5.75 Å². The average molecular weight is 378 g/mol. The van der Waals surface area contributed by atoms with E-state index in [0.717, 1.165) is 27.9 Å². The number of hydrogen-bond acceptors (Lipinski definition) is 4. The number of carbonyl (C=O) groups is 1. The second kappa shape index (κ2) is 8.55. The fraction of sp³-hybridized carbons (Fsp3) is 0.235. The Morgan fingerprint density at radius 2 is 2.04 bits per heavy atom. The summed E-state index contributed by atoms with van der Waals surface area (Å²) in [6, 6.07) is 13.4. The van der Waals surface area contributed by atoms with Crippen LogP contribution in [0.15, 0.2) is 46.9 Å². The lowest BCUT2D eigenvalue weighted by molar-refractivity contribution is 0.0954. The summed E-state index contributed by atoms with van der Waals surface area (Å²) in [5, 5.41) is 3.24. The monoisotopic (exact) mass is 377 g/mol. The van der Waals surface area contributed by atoms with Crippen molar-refractivity contribution in [2.45, 2.75) is 13.3 Å². The third-order valence-corrected chi connectivity index (χ3v) is 3.84. The minimum Gasteiger partial charge on any atom is -0.493 e. The van der Waals surface area contributed by atoms with Gasteiger partial charge in [-0.05, 0) is 43.2 Å². The standard InChI is InChI=1S/C17H20BrN3O2/c1-12-5-2-3-6-16(12)23-10-4-9-20-15-8-7-13(18)11-14(15)17(22)21-19/h2-3,5-8,11,20H,4,9-10,19H2,1H3,(H,21,22). The molecule has 0 spiro atoms. The Morgan fingerprint density at radius 1 is 1.26 bits per heavy atom. The summed E-state index contributed by atoms with van der Waals surface area (Å²) in [4.78, 5) is 11.8. The van der Waals surface area contributed by atoms with E-state index in [0.29, 0.717) is 18.7 Å². The first-order valence-electron chi connectivity index (χ1n) is 7.34. The third-order valence-electron chi connectivity index (χ3n) is 3.35. The summed E-state index contributed by atoms with van der Waals surface area (Å²) in [6.07, 6.45) is 0.814. The molecule has 0 atom stereocenters. The third kappa shape index (κ3) is 4.97. The molecule has 23 heavy (non-hydrogen) atoms. The molecule has 4 N–H and O–H groups in total. The number of hydrogen-bond donors (Lipinski definition) is 3. The highest BCUT2D eigenvalue weighted by Crippen LogP contribution is 2.21. The fourth-order valence-electron chi connectivity index (χ4n) is 2.13. The maximum Gasteiger partial charge on any atom is 0.267 e. The highest BCUT2D eigenvalue weighted by molar-refractivity contribution is 9.10. The van der Waals surface area contributed by atoms with Crippen molar-refractivity contribution in [2.24, 2.45) is 5.84 Å². The molecule has 0 aromatic heterocycles. The second-order valence-electron chi connectivity index (χ2n) is 5.06. The van der Waals surface area contributed by atoms with Crippen LogP contribution in [0.4, 0.5) is 5.69 Å². The van der Waals surface area contributed by atoms with Gasteiger partial charge in [0.2, 0.25) is 0 Å². The van der Waals surface area contributed by atoms with Crippen molar-refractivity contribution in [3.05, 3.63) is 58.1 Å². The predicted molar refractivity (Wildman–Crippen MR) is 95.6 cm³/mol. The van der Waals surface area contributed by atoms with E-state index in [1.54, 1.807) is 6.07 Å². The molecular formula is C17H20BrN3O2. The first-order valence-corrected chi connectivity index (χ1v) is 8.14. The molecule has 0 aliphatic rings. The van der Waals surface area contributed by atoms with E-state index in [4.69, 9.17) is 10.6 Å². The Balaban J connectivity index is 1.85. The van der Waals surface area contributed by atoms with Gasteiger partial charge >= 0.3 is 0 Å². The molecule has 0 bridgehead atoms. The number of anilines is 1. The van der Waals surface area contributed by atoms with Crippen LogP contribution in [0.25, 0.3) is 0 Å². The number of aryl methyl sites for hydroxylation is 1. The van der Waals surface area contributed by atoms with Crippen molar-refractivity contribution < 1.29 is 9.53 Å². The van der Waals surface area contributed by atoms with Gasteiger partial charge in [0.25, 0.3) is 5.91 Å². The second-order valence-corrected chi connectivity index (χ2v) is 5.97. The van der Waals surface area contributed by atoms with Crippen molar-refractivity contribution in [1.82, 2.24) is 5.43 Å². The molecule has 2 aromatic carbocycles. The minimum atomic E-state index is -0.329. The first kappa shape index (κ1) is 17.3. The van der Waals surface area contributed by atoms with Crippen LogP contribution < -0.4 is 21.3 Å². The van der Waals surface area contributed by atoms with Crippen LogP contribution in [0.1, 0.15) is 22.3 Å². The quantitative estimate of drug-likeness (QED) is 0.299. The van der Waals surface area contributed by atoms with Crippen LogP contribution in [0.3, 0.4) is 0 Å². The van der Waals surface area contributed by atoms with Gasteiger partial charge in [-0.3, -0.25) is 10.2 Å². The van der Waals surface area contributed by atoms with E-state index in [1.165, 1.54) is 0 Å². The number of para-hydroxylation sites is 1. The van der Waals surface area contributed by atoms with Gasteiger partial charge in [0.15, 0.2) is 0 Å². The van der Waals surface area contributed by atoms with E-state index in [-0.39, 0.29) is 5.91 Å². The van der Waals surface area contributed by atoms with Crippen molar-refractivity contribution in [1.29, 1.82) is 0 Å². The predicted octanol–water partition coefficient (Wildman–Crippen LogP) is 3.24. The highest BCUT2D eigenvalue weighted by Gasteiger charge is 2.10. The Hall–Kier alpha value is -2.05. The molecule has 0 aliphatic heterocycles. The van der Waals surface area contributed by atoms with Crippen molar-refractivity contribution >= 4 is 27.5 Å². The lowest BCUT2D eigenvalue weighted by Gasteiger charge is -2.12. The number of benzene rings is 2. The molecule has 1 amide bonds. The van der Waals surface area contributed by atoms with Gasteiger partial charge in [0, 0.05) is 16.7 Å². The lowest BCUT2D eigenvalue weighted by Crippen LogP contribution is -2.30. The molecule has 2 aromatic rings. The topological polar surface area (TPSA) is 76.4 Å². The van der Waals surface area contributed by atoms with Crippen molar-refractivity contribution in [3.8, 4) is 5.75 Å². The van der Waals surface area contributed by atoms with Gasteiger partial charge in [-0.25, -0.2) is 5.84 Å². The highest BCUT2D eigenvalue weighted by atomic mass is 79.9. The molecule has 0 heterocycles. The average Bonchev–Trinajstić information content (AvgIpc) is 2.56. The number of amides is 1. The maximum atomic E-state index is 11.8. The summed E-state index contributed by atoms with van der Waals surface area (Å²) in [5.41, 5.74) is 4.52. The van der Waals surface area contributed by atoms with Crippen molar-refractivity contribution in [3.63, 3.8) is 0 Å². The Bertz CT molecular complexity index is 677. The van der Waals surface area contributed by atoms with Gasteiger partial charge in [0.05, 0.1) is 12.2 Å². The largest absolute Gasteiger partial charge is 0.493 e. The number of nitrogen functional groups attached to an aromatic ring is 1. The Morgan fingerprint density at radius 3 is 2.78 bits per heavy atom. The molecular weight excluding hydrogens is 358 g/mol. The number of rotatable bonds is 7. The Kier molecular flexibility index (Phi) is 6.43. The van der Waals surface area contributed by atoms with Gasteiger partial charge in [0.1, 0.15) is 5.75 Å². The zero-order chi connectivity index (χ0) is 16.7. The number of nitrogens with one attached hydrogen (secondary N) is 2. The van der Waals surface area contributed by atoms with E-state index in [2.05, 4.69) is 26.7 Å². The molecule has 0 saturated heterocycles. The van der Waals surface area contributed by atoms with Crippen LogP contribution in [-0.4, -0.2) is 19.1 Å². The van der Waals surface area contributed by atoms with Gasteiger partial charge < -0.3 is 10.1 Å². The number of halogens is 1. The lowest BCUT2D eigenvalue weighted by atomic mass is 10.1. The summed E-state index contributed by atoms with van der Waals surface area (Å²) >= 11 is 3.35. The minimum absolute atomic E-state index is 0.329. The molecule has 0 saturated carbocycles. The molecule has 6 heteroatoms. The van der Waals surface area contributed by atoms with Crippen LogP contribution in [-0.2, 0) is 0 Å². The number of ether oxygens (including phenoxy) is 1. The zero-order valence-electron chi connectivity index (χ0n) is 12.9. The molecule has 2 rings (SSSR count). The molecule has 0 aliphatic carbocycles. The van der Waals surface area contributed by atoms with E-state index >= 15 is 0 Å². The van der Waals surface area contributed by atoms with E-state index in [1.807, 2.05) is 43.3 Å². The number of hydrazine groups is 1. The van der Waals surface area contributed by atoms with Crippen LogP contribution in [0.2, 0.25) is 0 Å². The summed E-state index contributed by atoms with van der Waals surface area (Å²) in [6.45, 7) is 3.32. The molecule has 0 fully saturated rings. The zero-order valence-corrected chi connectivity index (χ0v) is 14.5. The fourth-order valence-corrected chi connectivity index (χ4v) is 2.49. The summed E-state index contributed by atoms with van der Waals surface area (Å²) < 4.78 is 6.57. The maximum absolute atomic E-state index is 11.8. The van der Waals surface area contributed by atoms with Crippen LogP contribution in [0, 0.1) is 6.92 Å². The smallest absolute Gasteiger partial charge is 0.267 e. The van der Waals surface area contributed by atoms with Gasteiger partial charge in [-0.2, -0.15) is 0 Å². The summed E-state index contributed by atoms with van der Waals surface area (Å²) in [7, 11) is 0. The van der Waals surface area contributed by atoms with Crippen LogP contribution >= 0.6 is 15.9 Å². The van der Waals surface area contributed by atoms with E-state index < -0.39 is 0 Å². The van der Waals surface area contributed by atoms with Crippen molar-refractivity contribution in [2.75, 3.05) is 18.5 Å². The summed E-state index contributed by atoms with van der Waals surface area (Å²) in [5.74, 6) is 5.79. The molecule has 122 valence electrons. The molecule has 0 unspecified atom stereocenters.